The molecule has 0 fully saturated rings. The second kappa shape index (κ2) is 10.5. The van der Waals surface area contributed by atoms with E-state index in [1.807, 2.05) is 19.9 Å². The summed E-state index contributed by atoms with van der Waals surface area (Å²) in [6.45, 7) is 7.63. The highest BCUT2D eigenvalue weighted by Gasteiger charge is 2.23. The van der Waals surface area contributed by atoms with Gasteiger partial charge in [-0.05, 0) is 65.5 Å². The van der Waals surface area contributed by atoms with E-state index in [9.17, 15) is 20.1 Å². The first-order valence-corrected chi connectivity index (χ1v) is 10.2. The van der Waals surface area contributed by atoms with Gasteiger partial charge in [0.1, 0.15) is 23.7 Å². The Morgan fingerprint density at radius 1 is 1.17 bits per heavy atom. The van der Waals surface area contributed by atoms with Crippen LogP contribution in [0.15, 0.2) is 56.8 Å². The molecular weight excluding hydrogens is 384 g/mol. The van der Waals surface area contributed by atoms with Gasteiger partial charge in [0.15, 0.2) is 0 Å². The van der Waals surface area contributed by atoms with Crippen molar-refractivity contribution < 1.29 is 24.5 Å². The molecule has 1 aromatic carbocycles. The lowest BCUT2D eigenvalue weighted by molar-refractivity contribution is -0.0509. The van der Waals surface area contributed by atoms with Crippen molar-refractivity contribution in [3.05, 3.63) is 58.0 Å². The minimum Gasteiger partial charge on any atom is -0.507 e. The fourth-order valence-corrected chi connectivity index (χ4v) is 2.96. The number of hydrogen-bond donors (Lipinski definition) is 3. The molecule has 1 unspecified atom stereocenters. The molecule has 0 aliphatic carbocycles. The summed E-state index contributed by atoms with van der Waals surface area (Å²) >= 11 is 0. The Labute approximate surface area is 177 Å². The summed E-state index contributed by atoms with van der Waals surface area (Å²) in [7, 11) is 0. The number of aliphatic hydroxyl groups is 2. The van der Waals surface area contributed by atoms with Gasteiger partial charge in [-0.2, -0.15) is 0 Å². The van der Waals surface area contributed by atoms with E-state index >= 15 is 0 Å². The third-order valence-electron chi connectivity index (χ3n) is 5.03. The lowest BCUT2D eigenvalue weighted by Crippen LogP contribution is -2.35. The van der Waals surface area contributed by atoms with Gasteiger partial charge < -0.3 is 24.5 Å². The van der Waals surface area contributed by atoms with Crippen molar-refractivity contribution in [3.8, 4) is 11.5 Å². The smallest absolute Gasteiger partial charge is 0.336 e. The predicted octanol–water partition coefficient (Wildman–Crippen LogP) is 4.46. The molecule has 0 aliphatic rings. The molecule has 2 rings (SSSR count). The molecule has 0 bridgehead atoms. The summed E-state index contributed by atoms with van der Waals surface area (Å²) < 4.78 is 10.8. The maximum atomic E-state index is 11.3. The third-order valence-corrected chi connectivity index (χ3v) is 5.03. The molecule has 164 valence electrons. The number of benzene rings is 1. The molecule has 1 aromatic heterocycles. The van der Waals surface area contributed by atoms with Gasteiger partial charge in [0, 0.05) is 18.2 Å². The summed E-state index contributed by atoms with van der Waals surface area (Å²) in [6, 6.07) is 5.87. The maximum absolute atomic E-state index is 11.3. The van der Waals surface area contributed by atoms with Crippen molar-refractivity contribution in [2.24, 2.45) is 0 Å². The molecule has 0 spiro atoms. The van der Waals surface area contributed by atoms with Crippen LogP contribution >= 0.6 is 0 Å². The number of fused-ring (bicyclic) bond motifs is 1. The van der Waals surface area contributed by atoms with Gasteiger partial charge in [-0.1, -0.05) is 17.2 Å². The first kappa shape index (κ1) is 23.7. The van der Waals surface area contributed by atoms with Gasteiger partial charge in [-0.3, -0.25) is 0 Å². The van der Waals surface area contributed by atoms with Crippen LogP contribution in [0.25, 0.3) is 11.0 Å². The number of hydrogen-bond acceptors (Lipinski definition) is 6. The van der Waals surface area contributed by atoms with E-state index in [1.165, 1.54) is 29.3 Å². The van der Waals surface area contributed by atoms with E-state index in [-0.39, 0.29) is 11.3 Å². The van der Waals surface area contributed by atoms with Crippen LogP contribution in [-0.4, -0.2) is 33.6 Å². The van der Waals surface area contributed by atoms with Gasteiger partial charge in [0.25, 0.3) is 0 Å². The van der Waals surface area contributed by atoms with Crippen molar-refractivity contribution in [3.63, 3.8) is 0 Å². The molecule has 6 nitrogen and oxygen atoms in total. The van der Waals surface area contributed by atoms with Crippen LogP contribution in [-0.2, 0) is 0 Å². The molecule has 6 heteroatoms. The lowest BCUT2D eigenvalue weighted by Gasteiger charge is -2.24. The highest BCUT2D eigenvalue weighted by atomic mass is 16.5. The summed E-state index contributed by atoms with van der Waals surface area (Å²) in [5, 5.41) is 30.2. The third kappa shape index (κ3) is 7.35. The number of aromatic hydroxyl groups is 1. The minimum atomic E-state index is -1.08. The van der Waals surface area contributed by atoms with Crippen molar-refractivity contribution in [2.45, 2.75) is 65.1 Å². The molecule has 0 amide bonds. The van der Waals surface area contributed by atoms with Crippen molar-refractivity contribution in [1.29, 1.82) is 0 Å². The molecule has 0 saturated carbocycles. The number of phenols is 1. The quantitative estimate of drug-likeness (QED) is 0.390. The topological polar surface area (TPSA) is 100 Å². The summed E-state index contributed by atoms with van der Waals surface area (Å²) in [5.41, 5.74) is 1.09. The first-order chi connectivity index (χ1) is 14.1. The molecule has 0 radical (unpaired) electrons. The lowest BCUT2D eigenvalue weighted by atomic mass is 9.95. The first-order valence-electron chi connectivity index (χ1n) is 10.2. The van der Waals surface area contributed by atoms with E-state index in [1.54, 1.807) is 19.9 Å². The van der Waals surface area contributed by atoms with Gasteiger partial charge in [0.05, 0.1) is 17.1 Å². The highest BCUT2D eigenvalue weighted by molar-refractivity contribution is 5.84. The zero-order chi connectivity index (χ0) is 22.3. The monoisotopic (exact) mass is 416 g/mol. The van der Waals surface area contributed by atoms with Gasteiger partial charge in [-0.25, -0.2) is 4.79 Å². The fraction of sp³-hybridized carbons (Fsp3) is 0.458. The van der Waals surface area contributed by atoms with Crippen LogP contribution < -0.4 is 10.4 Å². The van der Waals surface area contributed by atoms with Crippen LogP contribution in [0.3, 0.4) is 0 Å². The predicted molar refractivity (Wildman–Crippen MR) is 118 cm³/mol. The summed E-state index contributed by atoms with van der Waals surface area (Å²) in [6.07, 6.45) is 6.44. The average Bonchev–Trinajstić information content (AvgIpc) is 2.65. The number of rotatable bonds is 10. The van der Waals surface area contributed by atoms with Crippen LogP contribution in [0.4, 0.5) is 0 Å². The van der Waals surface area contributed by atoms with Crippen LogP contribution in [0.5, 0.6) is 11.5 Å². The molecule has 1 atom stereocenters. The number of allylic oxidation sites excluding steroid dienone is 3. The average molecular weight is 417 g/mol. The molecule has 1 heterocycles. The van der Waals surface area contributed by atoms with Gasteiger partial charge >= 0.3 is 5.63 Å². The zero-order valence-corrected chi connectivity index (χ0v) is 18.1. The summed E-state index contributed by atoms with van der Waals surface area (Å²) in [4.78, 5) is 11.3. The Kier molecular flexibility index (Phi) is 8.26. The Morgan fingerprint density at radius 2 is 1.87 bits per heavy atom. The molecule has 3 N–H and O–H groups in total. The maximum Gasteiger partial charge on any atom is 0.336 e. The zero-order valence-electron chi connectivity index (χ0n) is 18.1. The standard InChI is InChI=1S/C24H32O6/c1-16(8-10-22(26)24(3,4)28)6-5-7-17(2)12-13-29-18-14-20(25)19-9-11-23(27)30-21(19)15-18/h6,9,11-12,14-15,22,25-26,28H,5,7-8,10,13H2,1-4H3. The van der Waals surface area contributed by atoms with Crippen molar-refractivity contribution in [1.82, 2.24) is 0 Å². The van der Waals surface area contributed by atoms with E-state index in [2.05, 4.69) is 6.08 Å². The van der Waals surface area contributed by atoms with Crippen LogP contribution in [0, 0.1) is 0 Å². The molecule has 2 aromatic rings. The van der Waals surface area contributed by atoms with Crippen LogP contribution in [0.1, 0.15) is 53.4 Å². The molecule has 30 heavy (non-hydrogen) atoms. The Balaban J connectivity index is 1.82. The highest BCUT2D eigenvalue weighted by Crippen LogP contribution is 2.29. The van der Waals surface area contributed by atoms with E-state index in [0.717, 1.165) is 19.3 Å². The van der Waals surface area contributed by atoms with Crippen molar-refractivity contribution >= 4 is 11.0 Å². The molecule has 0 aliphatic heterocycles. The normalized spacial score (nSPS) is 14.2. The number of phenolic OH excluding ortho intramolecular Hbond substituents is 1. The molecule has 0 saturated heterocycles. The second-order valence-electron chi connectivity index (χ2n) is 8.27. The van der Waals surface area contributed by atoms with Gasteiger partial charge in [-0.15, -0.1) is 0 Å². The summed E-state index contributed by atoms with van der Waals surface area (Å²) in [5.74, 6) is 0.432. The minimum absolute atomic E-state index is 0.00210. The Hall–Kier alpha value is -2.57. The van der Waals surface area contributed by atoms with E-state index < -0.39 is 17.3 Å². The fourth-order valence-electron chi connectivity index (χ4n) is 2.96. The van der Waals surface area contributed by atoms with Crippen LogP contribution in [0.2, 0.25) is 0 Å². The number of ether oxygens (including phenoxy) is 1. The SMILES string of the molecule is CC(=CCOc1cc(O)c2ccc(=O)oc2c1)CCC=C(C)CCC(O)C(C)(C)O. The second-order valence-corrected chi connectivity index (χ2v) is 8.27. The van der Waals surface area contributed by atoms with E-state index in [0.29, 0.717) is 24.2 Å². The Morgan fingerprint density at radius 3 is 2.57 bits per heavy atom. The largest absolute Gasteiger partial charge is 0.507 e. The number of aliphatic hydroxyl groups excluding tert-OH is 1. The molecular formula is C24H32O6. The van der Waals surface area contributed by atoms with Crippen molar-refractivity contribution in [2.75, 3.05) is 6.61 Å². The van der Waals surface area contributed by atoms with E-state index in [4.69, 9.17) is 9.15 Å². The Bertz CT molecular complexity index is 962. The van der Waals surface area contributed by atoms with Gasteiger partial charge in [0.2, 0.25) is 0 Å².